The van der Waals surface area contributed by atoms with Gasteiger partial charge in [0.05, 0.1) is 18.3 Å². The second-order valence-electron chi connectivity index (χ2n) is 7.30. The molecule has 1 saturated carbocycles. The molecule has 0 aromatic carbocycles. The molecule has 0 radical (unpaired) electrons. The predicted molar refractivity (Wildman–Crippen MR) is 75.7 cm³/mol. The van der Waals surface area contributed by atoms with E-state index in [-0.39, 0.29) is 37.4 Å². The maximum Gasteiger partial charge on any atom is 0.322 e. The Morgan fingerprint density at radius 3 is 2.43 bits per heavy atom. The fraction of sp³-hybridized carbons (Fsp3) is 0.812. The van der Waals surface area contributed by atoms with Crippen molar-refractivity contribution in [2.75, 3.05) is 6.61 Å². The summed E-state index contributed by atoms with van der Waals surface area (Å²) in [5.41, 5.74) is -2.83. The molecule has 1 aliphatic heterocycles. The van der Waals surface area contributed by atoms with E-state index in [0.717, 1.165) is 0 Å². The van der Waals surface area contributed by atoms with Gasteiger partial charge < -0.3 is 9.47 Å². The molecule has 0 amide bonds. The molecule has 2 atom stereocenters. The number of carbonyl (C=O) groups is 3. The number of carbonyl (C=O) groups excluding carboxylic acids is 3. The molecule has 1 aliphatic carbocycles. The van der Waals surface area contributed by atoms with Crippen LogP contribution in [-0.2, 0) is 23.9 Å². The Labute approximate surface area is 125 Å². The van der Waals surface area contributed by atoms with Crippen molar-refractivity contribution >= 4 is 17.5 Å². The summed E-state index contributed by atoms with van der Waals surface area (Å²) in [7, 11) is 0. The normalized spacial score (nSPS) is 34.2. The minimum atomic E-state index is -1.37. The quantitative estimate of drug-likeness (QED) is 0.576. The van der Waals surface area contributed by atoms with Gasteiger partial charge in [-0.05, 0) is 26.2 Å². The smallest absolute Gasteiger partial charge is 0.322 e. The first-order valence-corrected chi connectivity index (χ1v) is 7.47. The zero-order valence-electron chi connectivity index (χ0n) is 13.4. The zero-order valence-corrected chi connectivity index (χ0v) is 13.4. The fourth-order valence-electron chi connectivity index (χ4n) is 3.91. The van der Waals surface area contributed by atoms with E-state index in [1.807, 2.05) is 13.8 Å². The molecule has 1 heterocycles. The molecule has 5 heteroatoms. The van der Waals surface area contributed by atoms with Crippen LogP contribution in [0.1, 0.15) is 53.9 Å². The second kappa shape index (κ2) is 4.90. The van der Waals surface area contributed by atoms with Crippen LogP contribution in [0, 0.1) is 10.8 Å². The number of ketones is 2. The van der Waals surface area contributed by atoms with Crippen LogP contribution in [0.15, 0.2) is 0 Å². The van der Waals surface area contributed by atoms with E-state index in [2.05, 4.69) is 0 Å². The van der Waals surface area contributed by atoms with Crippen molar-refractivity contribution in [2.45, 2.75) is 65.6 Å². The molecule has 21 heavy (non-hydrogen) atoms. The van der Waals surface area contributed by atoms with Gasteiger partial charge in [0.15, 0.2) is 11.2 Å². The maximum atomic E-state index is 12.9. The van der Waals surface area contributed by atoms with Gasteiger partial charge in [0.25, 0.3) is 0 Å². The van der Waals surface area contributed by atoms with Gasteiger partial charge in [0.2, 0.25) is 0 Å². The Morgan fingerprint density at radius 1 is 1.24 bits per heavy atom. The molecule has 2 fully saturated rings. The summed E-state index contributed by atoms with van der Waals surface area (Å²) in [6.07, 6.45) is -0.293. The Balaban J connectivity index is 2.57. The first kappa shape index (κ1) is 16.1. The lowest BCUT2D eigenvalue weighted by atomic mass is 9.52. The average molecular weight is 296 g/mol. The van der Waals surface area contributed by atoms with Gasteiger partial charge in [-0.25, -0.2) is 0 Å². The molecule has 0 unspecified atom stereocenters. The third-order valence-corrected chi connectivity index (χ3v) is 4.69. The first-order valence-electron chi connectivity index (χ1n) is 7.47. The summed E-state index contributed by atoms with van der Waals surface area (Å²) in [5.74, 6) is -0.692. The van der Waals surface area contributed by atoms with Crippen LogP contribution in [0.25, 0.3) is 0 Å². The van der Waals surface area contributed by atoms with Crippen LogP contribution in [0.2, 0.25) is 0 Å². The molecule has 1 saturated heterocycles. The minimum absolute atomic E-state index is 0.0235. The van der Waals surface area contributed by atoms with Crippen molar-refractivity contribution < 1.29 is 23.9 Å². The van der Waals surface area contributed by atoms with Gasteiger partial charge in [0, 0.05) is 19.3 Å². The van der Waals surface area contributed by atoms with Crippen molar-refractivity contribution in [2.24, 2.45) is 10.8 Å². The second-order valence-corrected chi connectivity index (χ2v) is 7.30. The van der Waals surface area contributed by atoms with Gasteiger partial charge in [-0.3, -0.25) is 14.4 Å². The third-order valence-electron chi connectivity index (χ3n) is 4.69. The van der Waals surface area contributed by atoms with Crippen molar-refractivity contribution in [3.05, 3.63) is 0 Å². The van der Waals surface area contributed by atoms with Crippen molar-refractivity contribution in [1.29, 1.82) is 0 Å². The monoisotopic (exact) mass is 296 g/mol. The number of hydrogen-bond acceptors (Lipinski definition) is 5. The standard InChI is InChI=1S/C16H24O5/c1-6-20-13(19)16-11(18)9-15(4,5)21-12(16)7-10(17)8-14(16,2)3/h12H,6-9H2,1-5H3/t12-,16-/m1/s1. The van der Waals surface area contributed by atoms with E-state index >= 15 is 0 Å². The van der Waals surface area contributed by atoms with Crippen LogP contribution in [0.4, 0.5) is 0 Å². The predicted octanol–water partition coefficient (Wildman–Crippen LogP) is 2.06. The molecule has 0 bridgehead atoms. The molecule has 0 N–H and O–H groups in total. The van der Waals surface area contributed by atoms with Crippen LogP contribution >= 0.6 is 0 Å². The molecule has 118 valence electrons. The summed E-state index contributed by atoms with van der Waals surface area (Å²) in [6, 6.07) is 0. The molecule has 2 aliphatic rings. The Kier molecular flexibility index (Phi) is 3.77. The Bertz CT molecular complexity index is 491. The highest BCUT2D eigenvalue weighted by Crippen LogP contribution is 2.56. The van der Waals surface area contributed by atoms with Crippen LogP contribution in [0.3, 0.4) is 0 Å². The number of esters is 1. The van der Waals surface area contributed by atoms with Crippen molar-refractivity contribution in [3.8, 4) is 0 Å². The summed E-state index contributed by atoms with van der Waals surface area (Å²) in [6.45, 7) is 9.11. The number of rotatable bonds is 2. The summed E-state index contributed by atoms with van der Waals surface area (Å²) in [4.78, 5) is 37.6. The van der Waals surface area contributed by atoms with E-state index in [4.69, 9.17) is 9.47 Å². The lowest BCUT2D eigenvalue weighted by Gasteiger charge is -2.55. The zero-order chi connectivity index (χ0) is 16.1. The molecule has 0 aromatic rings. The maximum absolute atomic E-state index is 12.9. The van der Waals surface area contributed by atoms with Gasteiger partial charge >= 0.3 is 5.97 Å². The highest BCUT2D eigenvalue weighted by Gasteiger charge is 2.68. The van der Waals surface area contributed by atoms with Crippen molar-refractivity contribution in [1.82, 2.24) is 0 Å². The Morgan fingerprint density at radius 2 is 1.86 bits per heavy atom. The summed E-state index contributed by atoms with van der Waals surface area (Å²) < 4.78 is 11.2. The van der Waals surface area contributed by atoms with Crippen LogP contribution in [0.5, 0.6) is 0 Å². The minimum Gasteiger partial charge on any atom is -0.465 e. The molecular weight excluding hydrogens is 272 g/mol. The lowest BCUT2D eigenvalue weighted by Crippen LogP contribution is -2.67. The van der Waals surface area contributed by atoms with E-state index < -0.39 is 28.5 Å². The van der Waals surface area contributed by atoms with Gasteiger partial charge in [-0.1, -0.05) is 13.8 Å². The van der Waals surface area contributed by atoms with E-state index in [0.29, 0.717) is 0 Å². The lowest BCUT2D eigenvalue weighted by molar-refractivity contribution is -0.222. The molecule has 0 spiro atoms. The Hall–Kier alpha value is -1.23. The van der Waals surface area contributed by atoms with Gasteiger partial charge in [-0.2, -0.15) is 0 Å². The molecule has 2 rings (SSSR count). The molecule has 5 nitrogen and oxygen atoms in total. The van der Waals surface area contributed by atoms with Crippen LogP contribution < -0.4 is 0 Å². The fourth-order valence-corrected chi connectivity index (χ4v) is 3.91. The van der Waals surface area contributed by atoms with E-state index in [1.54, 1.807) is 20.8 Å². The molecule has 0 aromatic heterocycles. The number of hydrogen-bond donors (Lipinski definition) is 0. The average Bonchev–Trinajstić information content (AvgIpc) is 2.24. The number of fused-ring (bicyclic) bond motifs is 1. The number of ether oxygens (including phenoxy) is 2. The largest absolute Gasteiger partial charge is 0.465 e. The highest BCUT2D eigenvalue weighted by molar-refractivity contribution is 6.08. The number of Topliss-reactive ketones (excluding diaryl/α,β-unsaturated/α-hetero) is 2. The van der Waals surface area contributed by atoms with E-state index in [1.165, 1.54) is 0 Å². The molecular formula is C16H24O5. The SMILES string of the molecule is CCOC(=O)[C@@]12C(=O)CC(C)(C)O[C@@H]1CC(=O)CC2(C)C. The topological polar surface area (TPSA) is 69.7 Å². The van der Waals surface area contributed by atoms with Crippen LogP contribution in [-0.4, -0.2) is 35.8 Å². The third kappa shape index (κ3) is 2.31. The summed E-state index contributed by atoms with van der Waals surface area (Å²) >= 11 is 0. The highest BCUT2D eigenvalue weighted by atomic mass is 16.5. The van der Waals surface area contributed by atoms with Crippen molar-refractivity contribution in [3.63, 3.8) is 0 Å². The summed E-state index contributed by atoms with van der Waals surface area (Å²) in [5, 5.41) is 0. The van der Waals surface area contributed by atoms with Gasteiger partial charge in [-0.15, -0.1) is 0 Å². The van der Waals surface area contributed by atoms with Gasteiger partial charge in [0.1, 0.15) is 5.78 Å². The first-order chi connectivity index (χ1) is 9.57. The van der Waals surface area contributed by atoms with E-state index in [9.17, 15) is 14.4 Å².